The fourth-order valence-corrected chi connectivity index (χ4v) is 1.75. The molecule has 0 aliphatic heterocycles. The van der Waals surface area contributed by atoms with Crippen molar-refractivity contribution in [1.29, 1.82) is 0 Å². The largest absolute Gasteiger partial charge is 1.00 e. The van der Waals surface area contributed by atoms with E-state index in [1.165, 1.54) is 12.1 Å². The summed E-state index contributed by atoms with van der Waals surface area (Å²) in [7, 11) is -3.51. The summed E-state index contributed by atoms with van der Waals surface area (Å²) in [6, 6.07) is 8.08. The van der Waals surface area contributed by atoms with Gasteiger partial charge in [-0.05, 0) is 19.1 Å². The number of hydrogen-bond donors (Lipinski definition) is 0. The minimum absolute atomic E-state index is 0. The van der Waals surface area contributed by atoms with Gasteiger partial charge in [0.2, 0.25) is 0 Å². The first-order valence-corrected chi connectivity index (χ1v) is 5.02. The van der Waals surface area contributed by atoms with Crippen molar-refractivity contribution in [3.05, 3.63) is 30.3 Å². The van der Waals surface area contributed by atoms with E-state index >= 15 is 0 Å². The Balaban J connectivity index is 0. The molecule has 0 amide bonds. The van der Waals surface area contributed by atoms with Gasteiger partial charge in [-0.3, -0.25) is 4.18 Å². The van der Waals surface area contributed by atoms with Crippen LogP contribution in [0.25, 0.3) is 0 Å². The third kappa shape index (κ3) is 3.79. The second-order valence-electron chi connectivity index (χ2n) is 2.17. The van der Waals surface area contributed by atoms with E-state index in [-0.39, 0.29) is 42.5 Å². The molecule has 5 heteroatoms. The van der Waals surface area contributed by atoms with Crippen molar-refractivity contribution in [1.82, 2.24) is 0 Å². The zero-order valence-electron chi connectivity index (χ0n) is 8.73. The maximum Gasteiger partial charge on any atom is 1.00 e. The van der Waals surface area contributed by atoms with Gasteiger partial charge in [0.1, 0.15) is 0 Å². The molecule has 0 radical (unpaired) electrons. The Hall–Kier alpha value is 0.130. The van der Waals surface area contributed by atoms with Crippen LogP contribution >= 0.6 is 0 Å². The summed E-state index contributed by atoms with van der Waals surface area (Å²) in [5.74, 6) is 0. The molecule has 1 rings (SSSR count). The Morgan fingerprint density at radius 1 is 1.31 bits per heavy atom. The van der Waals surface area contributed by atoms with Crippen molar-refractivity contribution < 1.29 is 43.6 Å². The first-order valence-electron chi connectivity index (χ1n) is 3.61. The molecule has 0 spiro atoms. The van der Waals surface area contributed by atoms with E-state index < -0.39 is 10.1 Å². The van der Waals surface area contributed by atoms with Crippen LogP contribution in [0, 0.1) is 0 Å². The van der Waals surface area contributed by atoms with Crippen LogP contribution in [0.1, 0.15) is 8.35 Å². The van der Waals surface area contributed by atoms with Crippen LogP contribution in [0.4, 0.5) is 0 Å². The van der Waals surface area contributed by atoms with E-state index in [9.17, 15) is 8.42 Å². The van der Waals surface area contributed by atoms with Gasteiger partial charge in [0.15, 0.2) is 0 Å². The maximum atomic E-state index is 11.2. The Kier molecular flexibility index (Phi) is 5.83. The molecule has 0 fully saturated rings. The van der Waals surface area contributed by atoms with Crippen molar-refractivity contribution >= 4 is 10.1 Å². The summed E-state index contributed by atoms with van der Waals surface area (Å²) in [5, 5.41) is 0. The minimum Gasteiger partial charge on any atom is -1.00 e. The summed E-state index contributed by atoms with van der Waals surface area (Å²) in [5.41, 5.74) is 0. The normalized spacial score (nSPS) is 10.5. The molecule has 0 heterocycles. The van der Waals surface area contributed by atoms with Crippen molar-refractivity contribution in [3.63, 3.8) is 0 Å². The standard InChI is InChI=1S/C8H10O3S.Na.H/c1-2-11-12(9,10)8-6-4-3-5-7-8;;/h3-7H,2H2,1H3;;/q;+1;-1. The molecule has 0 aliphatic carbocycles. The van der Waals surface area contributed by atoms with Gasteiger partial charge >= 0.3 is 29.6 Å². The first-order chi connectivity index (χ1) is 5.67. The molecule has 68 valence electrons. The van der Waals surface area contributed by atoms with Gasteiger partial charge in [-0.25, -0.2) is 0 Å². The van der Waals surface area contributed by atoms with Crippen LogP contribution in [-0.2, 0) is 14.3 Å². The maximum absolute atomic E-state index is 11.2. The fraction of sp³-hybridized carbons (Fsp3) is 0.250. The predicted octanol–water partition coefficient (Wildman–Crippen LogP) is -1.47. The van der Waals surface area contributed by atoms with Gasteiger partial charge in [-0.2, -0.15) is 8.42 Å². The second-order valence-corrected chi connectivity index (χ2v) is 3.79. The molecule has 0 saturated heterocycles. The average molecular weight is 210 g/mol. The van der Waals surface area contributed by atoms with E-state index in [4.69, 9.17) is 0 Å². The molecule has 0 saturated carbocycles. The zero-order chi connectivity index (χ0) is 9.03. The Labute approximate surface area is 102 Å². The van der Waals surface area contributed by atoms with Gasteiger partial charge in [-0.1, -0.05) is 18.2 Å². The Bertz CT molecular complexity index is 339. The molecule has 1 aromatic carbocycles. The summed E-state index contributed by atoms with van der Waals surface area (Å²) >= 11 is 0. The van der Waals surface area contributed by atoms with E-state index in [0.717, 1.165) is 0 Å². The van der Waals surface area contributed by atoms with Crippen LogP contribution in [0.3, 0.4) is 0 Å². The molecule has 0 aromatic heterocycles. The molecular weight excluding hydrogens is 199 g/mol. The van der Waals surface area contributed by atoms with Crippen LogP contribution in [-0.4, -0.2) is 15.0 Å². The summed E-state index contributed by atoms with van der Waals surface area (Å²) < 4.78 is 27.0. The van der Waals surface area contributed by atoms with Gasteiger partial charge in [0.25, 0.3) is 10.1 Å². The van der Waals surface area contributed by atoms with Gasteiger partial charge in [0.05, 0.1) is 11.5 Å². The first kappa shape index (κ1) is 13.1. The minimum atomic E-state index is -3.51. The van der Waals surface area contributed by atoms with Gasteiger partial charge < -0.3 is 1.43 Å². The van der Waals surface area contributed by atoms with Gasteiger partial charge in [0, 0.05) is 0 Å². The smallest absolute Gasteiger partial charge is 1.00 e. The average Bonchev–Trinajstić information content (AvgIpc) is 2.06. The predicted molar refractivity (Wildman–Crippen MR) is 46.4 cm³/mol. The molecule has 0 aliphatic rings. The SMILES string of the molecule is CCOS(=O)(=O)c1ccccc1.[H-].[Na+]. The topological polar surface area (TPSA) is 43.4 Å². The number of rotatable bonds is 3. The monoisotopic (exact) mass is 210 g/mol. The van der Waals surface area contributed by atoms with E-state index in [2.05, 4.69) is 4.18 Å². The van der Waals surface area contributed by atoms with Crippen molar-refractivity contribution in [2.75, 3.05) is 6.61 Å². The van der Waals surface area contributed by atoms with E-state index in [0.29, 0.717) is 0 Å². The fourth-order valence-electron chi connectivity index (χ4n) is 0.810. The van der Waals surface area contributed by atoms with Crippen molar-refractivity contribution in [3.8, 4) is 0 Å². The third-order valence-electron chi connectivity index (χ3n) is 1.30. The number of benzene rings is 1. The Morgan fingerprint density at radius 2 is 1.85 bits per heavy atom. The molecule has 0 unspecified atom stereocenters. The van der Waals surface area contributed by atoms with Crippen molar-refractivity contribution in [2.45, 2.75) is 11.8 Å². The summed E-state index contributed by atoms with van der Waals surface area (Å²) in [6.45, 7) is 1.80. The Morgan fingerprint density at radius 3 is 2.31 bits per heavy atom. The second kappa shape index (κ2) is 5.78. The third-order valence-corrected chi connectivity index (χ3v) is 2.70. The quantitative estimate of drug-likeness (QED) is 0.452. The van der Waals surface area contributed by atoms with E-state index in [1.54, 1.807) is 25.1 Å². The summed E-state index contributed by atoms with van der Waals surface area (Å²) in [4.78, 5) is 0.201. The van der Waals surface area contributed by atoms with E-state index in [1.807, 2.05) is 0 Å². The zero-order valence-corrected chi connectivity index (χ0v) is 10.5. The molecule has 1 aromatic rings. The van der Waals surface area contributed by atoms with Crippen LogP contribution in [0.15, 0.2) is 35.2 Å². The molecule has 0 bridgehead atoms. The molecule has 0 atom stereocenters. The van der Waals surface area contributed by atoms with Crippen molar-refractivity contribution in [2.24, 2.45) is 0 Å². The molecule has 0 N–H and O–H groups in total. The molecular formula is C8H11NaO3S. The van der Waals surface area contributed by atoms with Gasteiger partial charge in [-0.15, -0.1) is 0 Å². The molecule has 3 nitrogen and oxygen atoms in total. The molecule has 13 heavy (non-hydrogen) atoms. The summed E-state index contributed by atoms with van der Waals surface area (Å²) in [6.07, 6.45) is 0. The number of hydrogen-bond acceptors (Lipinski definition) is 3. The van der Waals surface area contributed by atoms with Crippen LogP contribution < -0.4 is 29.6 Å². The van der Waals surface area contributed by atoms with Crippen LogP contribution in [0.2, 0.25) is 0 Å². The van der Waals surface area contributed by atoms with Crippen LogP contribution in [0.5, 0.6) is 0 Å².